The number of aromatic nitrogens is 1. The number of nitrogens with one attached hydrogen (secondary N) is 1. The third kappa shape index (κ3) is 3.84. The van der Waals surface area contributed by atoms with E-state index in [1.165, 1.54) is 6.42 Å². The molecule has 0 saturated carbocycles. The third-order valence-corrected chi connectivity index (χ3v) is 3.43. The van der Waals surface area contributed by atoms with Crippen molar-refractivity contribution >= 4 is 22.4 Å². The molecule has 0 bridgehead atoms. The first kappa shape index (κ1) is 14.6. The molecule has 0 aliphatic heterocycles. The Labute approximate surface area is 121 Å². The van der Waals surface area contributed by atoms with Gasteiger partial charge in [0.2, 0.25) is 0 Å². The molecule has 3 N–H and O–H groups in total. The van der Waals surface area contributed by atoms with Gasteiger partial charge in [-0.1, -0.05) is 13.8 Å². The maximum atomic E-state index is 5.77. The number of anilines is 2. The molecule has 2 rings (SSSR count). The van der Waals surface area contributed by atoms with Crippen LogP contribution in [0.3, 0.4) is 0 Å². The predicted octanol–water partition coefficient (Wildman–Crippen LogP) is 2.96. The number of hydrogen-bond donors (Lipinski definition) is 2. The maximum Gasteiger partial charge on any atom is 0.126 e. The molecule has 0 aliphatic rings. The van der Waals surface area contributed by atoms with Crippen molar-refractivity contribution in [3.8, 4) is 0 Å². The first-order chi connectivity index (χ1) is 9.72. The predicted molar refractivity (Wildman–Crippen MR) is 87.1 cm³/mol. The van der Waals surface area contributed by atoms with Crippen LogP contribution in [0.4, 0.5) is 11.5 Å². The fraction of sp³-hybridized carbons (Fsp3) is 0.438. The van der Waals surface area contributed by atoms with Crippen LogP contribution < -0.4 is 11.1 Å². The fourth-order valence-electron chi connectivity index (χ4n) is 2.33. The summed E-state index contributed by atoms with van der Waals surface area (Å²) in [6, 6.07) is 9.87. The molecule has 0 spiro atoms. The Morgan fingerprint density at radius 1 is 1.15 bits per heavy atom. The minimum absolute atomic E-state index is 0.776. The van der Waals surface area contributed by atoms with Crippen molar-refractivity contribution < 1.29 is 0 Å². The summed E-state index contributed by atoms with van der Waals surface area (Å²) in [5.74, 6) is 0.926. The van der Waals surface area contributed by atoms with Crippen molar-refractivity contribution in [2.45, 2.75) is 20.3 Å². The maximum absolute atomic E-state index is 5.77. The van der Waals surface area contributed by atoms with Crippen molar-refractivity contribution in [2.75, 3.05) is 37.2 Å². The van der Waals surface area contributed by atoms with Gasteiger partial charge in [0.25, 0.3) is 0 Å². The van der Waals surface area contributed by atoms with Crippen LogP contribution in [0.5, 0.6) is 0 Å². The van der Waals surface area contributed by atoms with E-state index in [1.54, 1.807) is 0 Å². The topological polar surface area (TPSA) is 54.2 Å². The second kappa shape index (κ2) is 7.10. The van der Waals surface area contributed by atoms with Gasteiger partial charge < -0.3 is 16.0 Å². The molecule has 0 fully saturated rings. The second-order valence-electron chi connectivity index (χ2n) is 5.01. The number of fused-ring (bicyclic) bond motifs is 1. The number of pyridine rings is 1. The van der Waals surface area contributed by atoms with E-state index < -0.39 is 0 Å². The highest BCUT2D eigenvalue weighted by atomic mass is 15.1. The molecule has 4 nitrogen and oxygen atoms in total. The zero-order valence-electron chi connectivity index (χ0n) is 12.4. The van der Waals surface area contributed by atoms with Gasteiger partial charge in [-0.2, -0.15) is 0 Å². The Morgan fingerprint density at radius 2 is 2.00 bits per heavy atom. The Hall–Kier alpha value is -1.81. The Morgan fingerprint density at radius 3 is 2.75 bits per heavy atom. The lowest BCUT2D eigenvalue weighted by atomic mass is 10.2. The first-order valence-electron chi connectivity index (χ1n) is 7.35. The molecule has 0 radical (unpaired) electrons. The van der Waals surface area contributed by atoms with Crippen LogP contribution in [0, 0.1) is 0 Å². The minimum Gasteiger partial charge on any atom is -0.399 e. The number of nitrogens with zero attached hydrogens (tertiary/aromatic N) is 2. The molecule has 4 heteroatoms. The van der Waals surface area contributed by atoms with Crippen LogP contribution in [0.25, 0.3) is 10.9 Å². The summed E-state index contributed by atoms with van der Waals surface area (Å²) in [4.78, 5) is 7.04. The average molecular weight is 272 g/mol. The quantitative estimate of drug-likeness (QED) is 0.761. The third-order valence-electron chi connectivity index (χ3n) is 3.43. The van der Waals surface area contributed by atoms with Crippen molar-refractivity contribution in [1.29, 1.82) is 0 Å². The summed E-state index contributed by atoms with van der Waals surface area (Å²) >= 11 is 0. The highest BCUT2D eigenvalue weighted by Crippen LogP contribution is 2.17. The second-order valence-corrected chi connectivity index (χ2v) is 5.01. The summed E-state index contributed by atoms with van der Waals surface area (Å²) in [7, 11) is 0. The largest absolute Gasteiger partial charge is 0.399 e. The molecule has 1 aromatic heterocycles. The van der Waals surface area contributed by atoms with E-state index in [2.05, 4.69) is 35.1 Å². The van der Waals surface area contributed by atoms with Crippen molar-refractivity contribution in [1.82, 2.24) is 9.88 Å². The van der Waals surface area contributed by atoms with E-state index in [9.17, 15) is 0 Å². The highest BCUT2D eigenvalue weighted by Gasteiger charge is 2.02. The number of benzene rings is 1. The lowest BCUT2D eigenvalue weighted by Crippen LogP contribution is -2.29. The molecule has 0 saturated heterocycles. The van der Waals surface area contributed by atoms with E-state index in [1.807, 2.05) is 24.3 Å². The van der Waals surface area contributed by atoms with Crippen molar-refractivity contribution in [3.05, 3.63) is 30.3 Å². The van der Waals surface area contributed by atoms with Crippen molar-refractivity contribution in [3.63, 3.8) is 0 Å². The van der Waals surface area contributed by atoms with E-state index in [4.69, 9.17) is 5.73 Å². The van der Waals surface area contributed by atoms with Gasteiger partial charge in [0.1, 0.15) is 5.82 Å². The number of nitrogen functional groups attached to an aromatic ring is 1. The highest BCUT2D eigenvalue weighted by molar-refractivity contribution is 5.83. The van der Waals surface area contributed by atoms with Gasteiger partial charge in [-0.05, 0) is 49.8 Å². The minimum atomic E-state index is 0.776. The molecule has 1 aromatic carbocycles. The molecule has 0 aliphatic carbocycles. The monoisotopic (exact) mass is 272 g/mol. The standard InChI is InChI=1S/C16H24N4/c1-3-10-20(4-2)11-9-18-16-8-5-13-12-14(17)6-7-15(13)19-16/h5-8,12H,3-4,9-11,17H2,1-2H3,(H,18,19). The fourth-order valence-corrected chi connectivity index (χ4v) is 2.33. The van der Waals surface area contributed by atoms with Gasteiger partial charge in [0, 0.05) is 24.2 Å². The van der Waals surface area contributed by atoms with E-state index >= 15 is 0 Å². The average Bonchev–Trinajstić information content (AvgIpc) is 2.46. The lowest BCUT2D eigenvalue weighted by Gasteiger charge is -2.19. The smallest absolute Gasteiger partial charge is 0.126 e. The molecule has 0 amide bonds. The number of hydrogen-bond acceptors (Lipinski definition) is 4. The van der Waals surface area contributed by atoms with E-state index in [-0.39, 0.29) is 0 Å². The summed E-state index contributed by atoms with van der Waals surface area (Å²) in [5, 5.41) is 4.47. The number of likely N-dealkylation sites (N-methyl/N-ethyl adjacent to an activating group) is 1. The van der Waals surface area contributed by atoms with Gasteiger partial charge in [0.15, 0.2) is 0 Å². The zero-order valence-corrected chi connectivity index (χ0v) is 12.4. The molecule has 20 heavy (non-hydrogen) atoms. The summed E-state index contributed by atoms with van der Waals surface area (Å²) in [6.45, 7) is 8.64. The Kier molecular flexibility index (Phi) is 5.18. The van der Waals surface area contributed by atoms with Crippen LogP contribution >= 0.6 is 0 Å². The molecular weight excluding hydrogens is 248 g/mol. The Balaban J connectivity index is 1.95. The number of nitrogens with two attached hydrogens (primary N) is 1. The van der Waals surface area contributed by atoms with E-state index in [0.717, 1.165) is 48.6 Å². The van der Waals surface area contributed by atoms with Gasteiger partial charge in [-0.15, -0.1) is 0 Å². The molecule has 0 unspecified atom stereocenters. The SMILES string of the molecule is CCCN(CC)CCNc1ccc2cc(N)ccc2n1. The van der Waals surface area contributed by atoms with Gasteiger partial charge in [0.05, 0.1) is 5.52 Å². The summed E-state index contributed by atoms with van der Waals surface area (Å²) in [6.07, 6.45) is 1.20. The summed E-state index contributed by atoms with van der Waals surface area (Å²) < 4.78 is 0. The lowest BCUT2D eigenvalue weighted by molar-refractivity contribution is 0.300. The van der Waals surface area contributed by atoms with Gasteiger partial charge >= 0.3 is 0 Å². The van der Waals surface area contributed by atoms with Crippen LogP contribution in [-0.4, -0.2) is 36.1 Å². The molecule has 108 valence electrons. The zero-order chi connectivity index (χ0) is 14.4. The molecule has 1 heterocycles. The number of rotatable bonds is 7. The van der Waals surface area contributed by atoms with Crippen LogP contribution in [0.1, 0.15) is 20.3 Å². The van der Waals surface area contributed by atoms with Gasteiger partial charge in [-0.25, -0.2) is 4.98 Å². The Bertz CT molecular complexity index is 553. The van der Waals surface area contributed by atoms with E-state index in [0.29, 0.717) is 0 Å². The molecule has 0 atom stereocenters. The van der Waals surface area contributed by atoms with Crippen LogP contribution in [-0.2, 0) is 0 Å². The first-order valence-corrected chi connectivity index (χ1v) is 7.35. The van der Waals surface area contributed by atoms with Gasteiger partial charge in [-0.3, -0.25) is 0 Å². The van der Waals surface area contributed by atoms with Crippen LogP contribution in [0.2, 0.25) is 0 Å². The normalized spacial score (nSPS) is 11.2. The molecular formula is C16H24N4. The van der Waals surface area contributed by atoms with Crippen molar-refractivity contribution in [2.24, 2.45) is 0 Å². The molecule has 2 aromatic rings. The van der Waals surface area contributed by atoms with Crippen LogP contribution in [0.15, 0.2) is 30.3 Å². The summed E-state index contributed by atoms with van der Waals surface area (Å²) in [5.41, 5.74) is 7.52.